The van der Waals surface area contributed by atoms with E-state index in [0.717, 1.165) is 22.4 Å². The number of nitrogens with one attached hydrogen (secondary N) is 3. The molecule has 1 aliphatic heterocycles. The van der Waals surface area contributed by atoms with Crippen LogP contribution in [0.3, 0.4) is 0 Å². The van der Waals surface area contributed by atoms with Crippen molar-refractivity contribution < 1.29 is 4.79 Å². The van der Waals surface area contributed by atoms with E-state index in [2.05, 4.69) is 16.2 Å². The van der Waals surface area contributed by atoms with Gasteiger partial charge in [0.25, 0.3) is 5.56 Å². The molecule has 31 heavy (non-hydrogen) atoms. The zero-order valence-electron chi connectivity index (χ0n) is 17.9. The van der Waals surface area contributed by atoms with Gasteiger partial charge in [-0.3, -0.25) is 24.1 Å². The number of thiophene rings is 1. The van der Waals surface area contributed by atoms with Gasteiger partial charge in [0.05, 0.1) is 11.6 Å². The lowest BCUT2D eigenvalue weighted by molar-refractivity contribution is -0.122. The molecule has 4 rings (SSSR count). The molecule has 2 unspecified atom stereocenters. The van der Waals surface area contributed by atoms with Crippen LogP contribution >= 0.6 is 11.3 Å². The second-order valence-corrected chi connectivity index (χ2v) is 9.27. The van der Waals surface area contributed by atoms with Gasteiger partial charge in [0.2, 0.25) is 5.91 Å². The summed E-state index contributed by atoms with van der Waals surface area (Å²) < 4.78 is 2.70. The highest BCUT2D eigenvalue weighted by atomic mass is 32.1. The third kappa shape index (κ3) is 4.34. The van der Waals surface area contributed by atoms with Crippen molar-refractivity contribution in [3.63, 3.8) is 0 Å². The minimum Gasteiger partial charge on any atom is -0.338 e. The van der Waals surface area contributed by atoms with E-state index in [0.29, 0.717) is 16.6 Å². The lowest BCUT2D eigenvalue weighted by Crippen LogP contribution is -2.47. The quantitative estimate of drug-likeness (QED) is 0.538. The molecule has 1 saturated heterocycles. The molecule has 2 aromatic heterocycles. The molecule has 1 aromatic carbocycles. The van der Waals surface area contributed by atoms with Crippen molar-refractivity contribution in [1.29, 1.82) is 0 Å². The van der Waals surface area contributed by atoms with Crippen LogP contribution in [-0.2, 0) is 24.3 Å². The first-order valence-electron chi connectivity index (χ1n) is 10.4. The molecule has 0 spiro atoms. The van der Waals surface area contributed by atoms with Gasteiger partial charge in [-0.05, 0) is 44.7 Å². The van der Waals surface area contributed by atoms with Gasteiger partial charge in [-0.25, -0.2) is 10.2 Å². The first-order valence-corrected chi connectivity index (χ1v) is 11.2. The molecule has 0 saturated carbocycles. The zero-order chi connectivity index (χ0) is 22.1. The van der Waals surface area contributed by atoms with Crippen molar-refractivity contribution in [1.82, 2.24) is 25.3 Å². The van der Waals surface area contributed by atoms with E-state index in [1.807, 2.05) is 51.1 Å². The summed E-state index contributed by atoms with van der Waals surface area (Å²) in [6.45, 7) is 5.97. The van der Waals surface area contributed by atoms with Crippen molar-refractivity contribution in [3.05, 3.63) is 67.2 Å². The maximum Gasteiger partial charge on any atom is 0.332 e. The summed E-state index contributed by atoms with van der Waals surface area (Å²) in [5, 5.41) is 3.43. The maximum absolute atomic E-state index is 13.3. The number of nitrogens with zero attached hydrogens (tertiary/aromatic N) is 2. The number of aromatic nitrogens is 2. The van der Waals surface area contributed by atoms with E-state index in [1.165, 1.54) is 20.5 Å². The SMILES string of the molecule is Cc1sc2c(c1C)c(=O)n(CCc1ccccc1)c(=O)n2CC(=O)NC1CC(C)NN1. The molecule has 3 heterocycles. The predicted molar refractivity (Wildman–Crippen MR) is 122 cm³/mol. The number of benzene rings is 1. The van der Waals surface area contributed by atoms with Crippen molar-refractivity contribution in [2.24, 2.45) is 0 Å². The van der Waals surface area contributed by atoms with E-state index < -0.39 is 5.69 Å². The van der Waals surface area contributed by atoms with Crippen LogP contribution in [0.2, 0.25) is 0 Å². The fraction of sp³-hybridized carbons (Fsp3) is 0.409. The first kappa shape index (κ1) is 21.5. The Labute approximate surface area is 183 Å². The highest BCUT2D eigenvalue weighted by Crippen LogP contribution is 2.26. The summed E-state index contributed by atoms with van der Waals surface area (Å²) in [4.78, 5) is 40.7. The van der Waals surface area contributed by atoms with Gasteiger partial charge >= 0.3 is 5.69 Å². The van der Waals surface area contributed by atoms with Gasteiger partial charge in [0.15, 0.2) is 0 Å². The maximum atomic E-state index is 13.3. The van der Waals surface area contributed by atoms with E-state index in [1.54, 1.807) is 0 Å². The van der Waals surface area contributed by atoms with E-state index in [4.69, 9.17) is 0 Å². The summed E-state index contributed by atoms with van der Waals surface area (Å²) in [5.74, 6) is -0.270. The Morgan fingerprint density at radius 3 is 2.58 bits per heavy atom. The lowest BCUT2D eigenvalue weighted by Gasteiger charge is -2.15. The zero-order valence-corrected chi connectivity index (χ0v) is 18.7. The molecular weight excluding hydrogens is 414 g/mol. The molecule has 3 N–H and O–H groups in total. The van der Waals surface area contributed by atoms with Gasteiger partial charge in [-0.15, -0.1) is 11.3 Å². The number of carbonyl (C=O) groups is 1. The van der Waals surface area contributed by atoms with Crippen LogP contribution in [0.1, 0.15) is 29.3 Å². The number of carbonyl (C=O) groups excluding carboxylic acids is 1. The van der Waals surface area contributed by atoms with Crippen LogP contribution in [0.5, 0.6) is 0 Å². The fourth-order valence-electron chi connectivity index (χ4n) is 3.92. The average Bonchev–Trinajstić information content (AvgIpc) is 3.28. The normalized spacial score (nSPS) is 18.5. The summed E-state index contributed by atoms with van der Waals surface area (Å²) in [6, 6.07) is 9.99. The Morgan fingerprint density at radius 1 is 1.16 bits per heavy atom. The van der Waals surface area contributed by atoms with Crippen molar-refractivity contribution >= 4 is 27.5 Å². The Kier molecular flexibility index (Phi) is 6.08. The number of rotatable bonds is 6. The summed E-state index contributed by atoms with van der Waals surface area (Å²) in [5.41, 5.74) is 7.26. The van der Waals surface area contributed by atoms with E-state index >= 15 is 0 Å². The smallest absolute Gasteiger partial charge is 0.332 e. The molecule has 3 aromatic rings. The van der Waals surface area contributed by atoms with Crippen LogP contribution in [0, 0.1) is 13.8 Å². The number of hydrogen-bond acceptors (Lipinski definition) is 6. The van der Waals surface area contributed by atoms with Crippen LogP contribution in [-0.4, -0.2) is 27.2 Å². The number of fused-ring (bicyclic) bond motifs is 1. The van der Waals surface area contributed by atoms with Gasteiger partial charge < -0.3 is 5.32 Å². The van der Waals surface area contributed by atoms with Gasteiger partial charge in [0.1, 0.15) is 11.4 Å². The molecular formula is C22H27N5O3S. The summed E-state index contributed by atoms with van der Waals surface area (Å²) >= 11 is 1.38. The number of hydrogen-bond donors (Lipinski definition) is 3. The molecule has 164 valence electrons. The molecule has 8 nitrogen and oxygen atoms in total. The molecule has 0 aliphatic carbocycles. The first-order chi connectivity index (χ1) is 14.8. The molecule has 1 aliphatic rings. The number of aryl methyl sites for hydroxylation is 3. The van der Waals surface area contributed by atoms with Crippen LogP contribution in [0.4, 0.5) is 0 Å². The van der Waals surface area contributed by atoms with Crippen molar-refractivity contribution in [2.45, 2.75) is 58.9 Å². The molecule has 1 fully saturated rings. The lowest BCUT2D eigenvalue weighted by atomic mass is 10.1. The highest BCUT2D eigenvalue weighted by molar-refractivity contribution is 7.18. The molecule has 1 amide bonds. The minimum atomic E-state index is -0.448. The summed E-state index contributed by atoms with van der Waals surface area (Å²) in [7, 11) is 0. The molecule has 0 bridgehead atoms. The standard InChI is InChI=1S/C22H27N5O3S/c1-13-11-17(25-24-13)23-18(28)12-27-21-19(14(2)15(3)31-21)20(29)26(22(27)30)10-9-16-7-5-4-6-8-16/h4-8,13,17,24-25H,9-12H2,1-3H3,(H,23,28). The Morgan fingerprint density at radius 2 is 1.90 bits per heavy atom. The van der Waals surface area contributed by atoms with E-state index in [9.17, 15) is 14.4 Å². The van der Waals surface area contributed by atoms with Gasteiger partial charge in [-0.2, -0.15) is 0 Å². The van der Waals surface area contributed by atoms with Gasteiger partial charge in [-0.1, -0.05) is 30.3 Å². The highest BCUT2D eigenvalue weighted by Gasteiger charge is 2.24. The third-order valence-electron chi connectivity index (χ3n) is 5.73. The second kappa shape index (κ2) is 8.78. The topological polar surface area (TPSA) is 97.2 Å². The monoisotopic (exact) mass is 441 g/mol. The van der Waals surface area contributed by atoms with Gasteiger partial charge in [0, 0.05) is 17.5 Å². The Bertz CT molecular complexity index is 1230. The molecule has 2 atom stereocenters. The Balaban J connectivity index is 1.69. The minimum absolute atomic E-state index is 0.132. The van der Waals surface area contributed by atoms with Crippen molar-refractivity contribution in [3.8, 4) is 0 Å². The Hall–Kier alpha value is -2.75. The van der Waals surface area contributed by atoms with Crippen LogP contribution in [0.25, 0.3) is 10.2 Å². The van der Waals surface area contributed by atoms with Crippen LogP contribution < -0.4 is 27.4 Å². The van der Waals surface area contributed by atoms with Crippen molar-refractivity contribution in [2.75, 3.05) is 0 Å². The number of amides is 1. The van der Waals surface area contributed by atoms with Crippen LogP contribution in [0.15, 0.2) is 39.9 Å². The predicted octanol–water partition coefficient (Wildman–Crippen LogP) is 1.41. The second-order valence-electron chi connectivity index (χ2n) is 8.07. The van der Waals surface area contributed by atoms with E-state index in [-0.39, 0.29) is 36.8 Å². The average molecular weight is 442 g/mol. The molecule has 9 heteroatoms. The third-order valence-corrected chi connectivity index (χ3v) is 6.96. The fourth-order valence-corrected chi connectivity index (χ4v) is 5.06. The largest absolute Gasteiger partial charge is 0.338 e. The molecule has 0 radical (unpaired) electrons. The summed E-state index contributed by atoms with van der Waals surface area (Å²) in [6.07, 6.45) is 1.12. The number of hydrazine groups is 1.